The van der Waals surface area contributed by atoms with Crippen LogP contribution in [0, 0.1) is 6.92 Å². The van der Waals surface area contributed by atoms with Crippen LogP contribution in [0.4, 0.5) is 0 Å². The van der Waals surface area contributed by atoms with Gasteiger partial charge in [-0.3, -0.25) is 4.79 Å². The third-order valence-corrected chi connectivity index (χ3v) is 2.41. The lowest BCUT2D eigenvalue weighted by atomic mass is 10.00. The van der Waals surface area contributed by atoms with E-state index in [-0.39, 0.29) is 5.78 Å². The van der Waals surface area contributed by atoms with Gasteiger partial charge in [0.05, 0.1) is 20.3 Å². The SMILES string of the molecule is COc1cc(C)c(C(=O)C(C)N)cc1OC. The predicted octanol–water partition coefficient (Wildman–Crippen LogP) is 1.54. The van der Waals surface area contributed by atoms with Gasteiger partial charge >= 0.3 is 0 Å². The summed E-state index contributed by atoms with van der Waals surface area (Å²) in [5.41, 5.74) is 6.99. The summed E-state index contributed by atoms with van der Waals surface area (Å²) in [4.78, 5) is 11.8. The van der Waals surface area contributed by atoms with Gasteiger partial charge in [-0.05, 0) is 31.5 Å². The summed E-state index contributed by atoms with van der Waals surface area (Å²) < 4.78 is 10.3. The van der Waals surface area contributed by atoms with Crippen LogP contribution in [0.5, 0.6) is 11.5 Å². The molecule has 0 aliphatic rings. The van der Waals surface area contributed by atoms with Gasteiger partial charge in [-0.25, -0.2) is 0 Å². The first kappa shape index (κ1) is 12.5. The molecule has 1 rings (SSSR count). The summed E-state index contributed by atoms with van der Waals surface area (Å²) >= 11 is 0. The van der Waals surface area contributed by atoms with Crippen LogP contribution in [0.15, 0.2) is 12.1 Å². The Hall–Kier alpha value is -1.55. The highest BCUT2D eigenvalue weighted by atomic mass is 16.5. The lowest BCUT2D eigenvalue weighted by Gasteiger charge is -2.13. The molecule has 4 heteroatoms. The number of benzene rings is 1. The van der Waals surface area contributed by atoms with Crippen LogP contribution in [0.2, 0.25) is 0 Å². The van der Waals surface area contributed by atoms with Crippen LogP contribution in [0.1, 0.15) is 22.8 Å². The molecule has 0 aliphatic carbocycles. The molecule has 1 aromatic carbocycles. The van der Waals surface area contributed by atoms with E-state index in [1.165, 1.54) is 7.11 Å². The number of methoxy groups -OCH3 is 2. The average Bonchev–Trinajstić information content (AvgIpc) is 2.27. The number of hydrogen-bond donors (Lipinski definition) is 1. The van der Waals surface area contributed by atoms with E-state index in [0.29, 0.717) is 17.1 Å². The van der Waals surface area contributed by atoms with Crippen molar-refractivity contribution in [2.24, 2.45) is 5.73 Å². The van der Waals surface area contributed by atoms with Crippen molar-refractivity contribution in [3.05, 3.63) is 23.3 Å². The molecular weight excluding hydrogens is 206 g/mol. The molecule has 0 spiro atoms. The van der Waals surface area contributed by atoms with E-state index in [9.17, 15) is 4.79 Å². The molecule has 1 atom stereocenters. The van der Waals surface area contributed by atoms with Gasteiger partial charge in [-0.2, -0.15) is 0 Å². The highest BCUT2D eigenvalue weighted by Crippen LogP contribution is 2.30. The molecule has 0 aliphatic heterocycles. The number of aryl methyl sites for hydroxylation is 1. The lowest BCUT2D eigenvalue weighted by molar-refractivity contribution is 0.0967. The van der Waals surface area contributed by atoms with Gasteiger partial charge in [0.25, 0.3) is 0 Å². The summed E-state index contributed by atoms with van der Waals surface area (Å²) in [5, 5.41) is 0. The number of carbonyl (C=O) groups excluding carboxylic acids is 1. The Morgan fingerprint density at radius 2 is 1.75 bits per heavy atom. The van der Waals surface area contributed by atoms with E-state index in [2.05, 4.69) is 0 Å². The number of nitrogens with two attached hydrogens (primary N) is 1. The number of rotatable bonds is 4. The maximum Gasteiger partial charge on any atom is 0.179 e. The maximum absolute atomic E-state index is 11.8. The molecule has 0 amide bonds. The van der Waals surface area contributed by atoms with Crippen molar-refractivity contribution in [2.45, 2.75) is 19.9 Å². The number of carbonyl (C=O) groups is 1. The summed E-state index contributed by atoms with van der Waals surface area (Å²) in [6, 6.07) is 2.92. The van der Waals surface area contributed by atoms with E-state index in [1.807, 2.05) is 6.92 Å². The Bertz CT molecular complexity index is 399. The van der Waals surface area contributed by atoms with Gasteiger partial charge in [0, 0.05) is 5.56 Å². The standard InChI is InChI=1S/C12H17NO3/c1-7-5-10(15-3)11(16-4)6-9(7)12(14)8(2)13/h5-6,8H,13H2,1-4H3. The fourth-order valence-corrected chi connectivity index (χ4v) is 1.49. The quantitative estimate of drug-likeness (QED) is 0.786. The fourth-order valence-electron chi connectivity index (χ4n) is 1.49. The van der Waals surface area contributed by atoms with Crippen molar-refractivity contribution in [2.75, 3.05) is 14.2 Å². The fraction of sp³-hybridized carbons (Fsp3) is 0.417. The van der Waals surface area contributed by atoms with Crippen molar-refractivity contribution in [3.63, 3.8) is 0 Å². The smallest absolute Gasteiger partial charge is 0.179 e. The van der Waals surface area contributed by atoms with Crippen LogP contribution in [-0.4, -0.2) is 26.0 Å². The molecule has 0 aromatic heterocycles. The van der Waals surface area contributed by atoms with Crippen molar-refractivity contribution in [3.8, 4) is 11.5 Å². The third-order valence-electron chi connectivity index (χ3n) is 2.41. The second-order valence-corrected chi connectivity index (χ2v) is 3.68. The molecular formula is C12H17NO3. The maximum atomic E-state index is 11.8. The summed E-state index contributed by atoms with van der Waals surface area (Å²) in [6.45, 7) is 3.51. The number of ketones is 1. The average molecular weight is 223 g/mol. The molecule has 1 aromatic rings. The first-order valence-corrected chi connectivity index (χ1v) is 5.03. The van der Waals surface area contributed by atoms with Gasteiger partial charge in [-0.1, -0.05) is 0 Å². The largest absolute Gasteiger partial charge is 0.493 e. The molecule has 0 heterocycles. The van der Waals surface area contributed by atoms with Gasteiger partial charge < -0.3 is 15.2 Å². The second-order valence-electron chi connectivity index (χ2n) is 3.68. The minimum atomic E-state index is -0.517. The van der Waals surface area contributed by atoms with Gasteiger partial charge in [0.15, 0.2) is 17.3 Å². The Balaban J connectivity index is 3.26. The van der Waals surface area contributed by atoms with Crippen LogP contribution in [0.3, 0.4) is 0 Å². The summed E-state index contributed by atoms with van der Waals surface area (Å²) in [7, 11) is 3.09. The number of Topliss-reactive ketones (excluding diaryl/α,β-unsaturated/α-hetero) is 1. The zero-order valence-corrected chi connectivity index (χ0v) is 10.0. The van der Waals surface area contributed by atoms with Crippen LogP contribution in [-0.2, 0) is 0 Å². The lowest BCUT2D eigenvalue weighted by Crippen LogP contribution is -2.27. The van der Waals surface area contributed by atoms with Gasteiger partial charge in [0.1, 0.15) is 0 Å². The zero-order valence-electron chi connectivity index (χ0n) is 10.0. The number of ether oxygens (including phenoxy) is 2. The van der Waals surface area contributed by atoms with Gasteiger partial charge in [0.2, 0.25) is 0 Å². The normalized spacial score (nSPS) is 12.1. The minimum absolute atomic E-state index is 0.0987. The highest BCUT2D eigenvalue weighted by Gasteiger charge is 2.16. The first-order valence-electron chi connectivity index (χ1n) is 5.03. The molecule has 0 radical (unpaired) electrons. The number of hydrogen-bond acceptors (Lipinski definition) is 4. The molecule has 16 heavy (non-hydrogen) atoms. The Labute approximate surface area is 95.3 Å². The molecule has 4 nitrogen and oxygen atoms in total. The van der Waals surface area contributed by atoms with Crippen molar-refractivity contribution in [1.29, 1.82) is 0 Å². The van der Waals surface area contributed by atoms with Crippen molar-refractivity contribution < 1.29 is 14.3 Å². The molecule has 1 unspecified atom stereocenters. The monoisotopic (exact) mass is 223 g/mol. The second kappa shape index (κ2) is 4.99. The van der Waals surface area contributed by atoms with E-state index in [1.54, 1.807) is 26.2 Å². The molecule has 0 fully saturated rings. The van der Waals surface area contributed by atoms with Crippen LogP contribution >= 0.6 is 0 Å². The van der Waals surface area contributed by atoms with Crippen LogP contribution in [0.25, 0.3) is 0 Å². The summed E-state index contributed by atoms with van der Waals surface area (Å²) in [6.07, 6.45) is 0. The van der Waals surface area contributed by atoms with Crippen molar-refractivity contribution >= 4 is 5.78 Å². The van der Waals surface area contributed by atoms with Crippen molar-refractivity contribution in [1.82, 2.24) is 0 Å². The van der Waals surface area contributed by atoms with Gasteiger partial charge in [-0.15, -0.1) is 0 Å². The molecule has 0 bridgehead atoms. The summed E-state index contributed by atoms with van der Waals surface area (Å²) in [5.74, 6) is 1.05. The van der Waals surface area contributed by atoms with E-state index < -0.39 is 6.04 Å². The topological polar surface area (TPSA) is 61.5 Å². The molecule has 2 N–H and O–H groups in total. The minimum Gasteiger partial charge on any atom is -0.493 e. The third kappa shape index (κ3) is 2.33. The van der Waals surface area contributed by atoms with Crippen LogP contribution < -0.4 is 15.2 Å². The van der Waals surface area contributed by atoms with E-state index >= 15 is 0 Å². The zero-order chi connectivity index (χ0) is 12.3. The highest BCUT2D eigenvalue weighted by molar-refractivity contribution is 6.01. The molecule has 88 valence electrons. The Morgan fingerprint density at radius 3 is 2.19 bits per heavy atom. The Morgan fingerprint density at radius 1 is 1.25 bits per heavy atom. The molecule has 0 saturated carbocycles. The van der Waals surface area contributed by atoms with E-state index in [0.717, 1.165) is 5.56 Å². The predicted molar refractivity (Wildman–Crippen MR) is 62.3 cm³/mol. The first-order chi connectivity index (χ1) is 7.51. The molecule has 0 saturated heterocycles. The van der Waals surface area contributed by atoms with E-state index in [4.69, 9.17) is 15.2 Å². The Kier molecular flexibility index (Phi) is 3.90.